The predicted octanol–water partition coefficient (Wildman–Crippen LogP) is 4.47. The van der Waals surface area contributed by atoms with Crippen molar-refractivity contribution in [1.82, 2.24) is 5.32 Å². The van der Waals surface area contributed by atoms with Crippen molar-refractivity contribution < 1.29 is 19.1 Å². The zero-order valence-corrected chi connectivity index (χ0v) is 16.9. The lowest BCUT2D eigenvalue weighted by atomic mass is 10.1. The van der Waals surface area contributed by atoms with Crippen LogP contribution in [0.1, 0.15) is 46.2 Å². The molecule has 3 aromatic rings. The summed E-state index contributed by atoms with van der Waals surface area (Å²) in [4.78, 5) is 23.7. The smallest absolute Gasteiger partial charge is 0.251 e. The summed E-state index contributed by atoms with van der Waals surface area (Å²) >= 11 is 0. The summed E-state index contributed by atoms with van der Waals surface area (Å²) in [5, 5.41) is 2.99. The maximum Gasteiger partial charge on any atom is 0.251 e. The Kier molecular flexibility index (Phi) is 6.70. The topological polar surface area (TPSA) is 90.7 Å². The molecule has 1 atom stereocenters. The third-order valence-corrected chi connectivity index (χ3v) is 4.51. The number of benzene rings is 3. The number of ether oxygens (including phenoxy) is 2. The molecule has 2 amide bonds. The number of amides is 2. The van der Waals surface area contributed by atoms with Crippen molar-refractivity contribution in [3.05, 3.63) is 89.5 Å². The van der Waals surface area contributed by atoms with E-state index in [4.69, 9.17) is 15.2 Å². The van der Waals surface area contributed by atoms with Gasteiger partial charge in [-0.15, -0.1) is 0 Å². The zero-order chi connectivity index (χ0) is 21.5. The van der Waals surface area contributed by atoms with E-state index in [-0.39, 0.29) is 11.9 Å². The van der Waals surface area contributed by atoms with E-state index in [9.17, 15) is 9.59 Å². The van der Waals surface area contributed by atoms with Crippen molar-refractivity contribution in [3.8, 4) is 17.2 Å². The summed E-state index contributed by atoms with van der Waals surface area (Å²) < 4.78 is 11.3. The highest BCUT2D eigenvalue weighted by Gasteiger charge is 2.12. The highest BCUT2D eigenvalue weighted by atomic mass is 16.5. The van der Waals surface area contributed by atoms with Crippen molar-refractivity contribution in [2.75, 3.05) is 6.61 Å². The van der Waals surface area contributed by atoms with E-state index < -0.39 is 5.91 Å². The van der Waals surface area contributed by atoms with Crippen LogP contribution in [0, 0.1) is 0 Å². The first-order chi connectivity index (χ1) is 14.5. The average molecular weight is 404 g/mol. The lowest BCUT2D eigenvalue weighted by Gasteiger charge is -2.16. The normalized spacial score (nSPS) is 11.4. The van der Waals surface area contributed by atoms with Gasteiger partial charge in [-0.05, 0) is 80.1 Å². The molecule has 3 N–H and O–H groups in total. The summed E-state index contributed by atoms with van der Waals surface area (Å²) in [6.45, 7) is 4.45. The third kappa shape index (κ3) is 5.38. The van der Waals surface area contributed by atoms with Crippen molar-refractivity contribution in [2.24, 2.45) is 5.73 Å². The fraction of sp³-hybridized carbons (Fsp3) is 0.167. The first-order valence-electron chi connectivity index (χ1n) is 9.67. The Hall–Kier alpha value is -3.80. The number of carbonyl (C=O) groups excluding carboxylic acids is 2. The van der Waals surface area contributed by atoms with Gasteiger partial charge in [0.2, 0.25) is 5.91 Å². The molecule has 0 radical (unpaired) electrons. The Labute approximate surface area is 175 Å². The SMILES string of the molecule is CCOc1cccc(C(C)NC(=O)c2ccc(Oc3ccc(C(N)=O)cc3)cc2)c1. The molecule has 0 spiro atoms. The number of nitrogens with two attached hydrogens (primary N) is 1. The standard InChI is InChI=1S/C24H24N2O4/c1-3-29-22-6-4-5-19(15-22)16(2)26-24(28)18-9-13-21(14-10-18)30-20-11-7-17(8-12-20)23(25)27/h4-16H,3H2,1-2H3,(H2,25,27)(H,26,28). The van der Waals surface area contributed by atoms with Gasteiger partial charge in [-0.1, -0.05) is 12.1 Å². The number of rotatable bonds is 8. The van der Waals surface area contributed by atoms with Crippen LogP contribution in [0.15, 0.2) is 72.8 Å². The molecule has 3 rings (SSSR count). The Morgan fingerprint density at radius 1 is 0.900 bits per heavy atom. The summed E-state index contributed by atoms with van der Waals surface area (Å²) in [7, 11) is 0. The van der Waals surface area contributed by atoms with Crippen LogP contribution in [0.4, 0.5) is 0 Å². The van der Waals surface area contributed by atoms with Gasteiger partial charge >= 0.3 is 0 Å². The Bertz CT molecular complexity index is 1010. The molecule has 0 aliphatic rings. The molecule has 154 valence electrons. The van der Waals surface area contributed by atoms with Crippen LogP contribution in [0.3, 0.4) is 0 Å². The molecular formula is C24H24N2O4. The summed E-state index contributed by atoms with van der Waals surface area (Å²) in [6.07, 6.45) is 0. The van der Waals surface area contributed by atoms with Gasteiger partial charge in [0.1, 0.15) is 17.2 Å². The molecule has 0 bridgehead atoms. The van der Waals surface area contributed by atoms with Crippen LogP contribution >= 0.6 is 0 Å². The van der Waals surface area contributed by atoms with E-state index in [0.717, 1.165) is 11.3 Å². The predicted molar refractivity (Wildman–Crippen MR) is 115 cm³/mol. The summed E-state index contributed by atoms with van der Waals surface area (Å²) in [5.74, 6) is 1.26. The largest absolute Gasteiger partial charge is 0.494 e. The second kappa shape index (κ2) is 9.60. The van der Waals surface area contributed by atoms with E-state index in [0.29, 0.717) is 29.2 Å². The van der Waals surface area contributed by atoms with E-state index in [2.05, 4.69) is 5.32 Å². The fourth-order valence-electron chi connectivity index (χ4n) is 2.90. The molecule has 1 unspecified atom stereocenters. The van der Waals surface area contributed by atoms with Crippen molar-refractivity contribution in [1.29, 1.82) is 0 Å². The molecular weight excluding hydrogens is 380 g/mol. The van der Waals surface area contributed by atoms with Gasteiger partial charge in [0.05, 0.1) is 12.6 Å². The average Bonchev–Trinajstić information content (AvgIpc) is 2.75. The van der Waals surface area contributed by atoms with E-state index in [1.807, 2.05) is 38.1 Å². The third-order valence-electron chi connectivity index (χ3n) is 4.51. The summed E-state index contributed by atoms with van der Waals surface area (Å²) in [6, 6.07) is 20.9. The molecule has 0 aromatic heterocycles. The second-order valence-corrected chi connectivity index (χ2v) is 6.72. The first-order valence-corrected chi connectivity index (χ1v) is 9.67. The van der Waals surface area contributed by atoms with Crippen LogP contribution in [-0.4, -0.2) is 18.4 Å². The van der Waals surface area contributed by atoms with E-state index in [1.54, 1.807) is 48.5 Å². The lowest BCUT2D eigenvalue weighted by molar-refractivity contribution is 0.0938. The number of carbonyl (C=O) groups is 2. The lowest BCUT2D eigenvalue weighted by Crippen LogP contribution is -2.26. The van der Waals surface area contributed by atoms with Gasteiger partial charge in [-0.2, -0.15) is 0 Å². The van der Waals surface area contributed by atoms with E-state index >= 15 is 0 Å². The molecule has 6 nitrogen and oxygen atoms in total. The van der Waals surface area contributed by atoms with Gasteiger partial charge < -0.3 is 20.5 Å². The van der Waals surface area contributed by atoms with Crippen LogP contribution in [0.25, 0.3) is 0 Å². The van der Waals surface area contributed by atoms with Crippen LogP contribution < -0.4 is 20.5 Å². The van der Waals surface area contributed by atoms with Crippen molar-refractivity contribution >= 4 is 11.8 Å². The maximum atomic E-state index is 12.6. The van der Waals surface area contributed by atoms with E-state index in [1.165, 1.54) is 0 Å². The molecule has 30 heavy (non-hydrogen) atoms. The summed E-state index contributed by atoms with van der Waals surface area (Å²) in [5.41, 5.74) is 7.14. The Balaban J connectivity index is 1.61. The number of hydrogen-bond donors (Lipinski definition) is 2. The quantitative estimate of drug-likeness (QED) is 0.580. The maximum absolute atomic E-state index is 12.6. The second-order valence-electron chi connectivity index (χ2n) is 6.72. The minimum atomic E-state index is -0.490. The van der Waals surface area contributed by atoms with Gasteiger partial charge in [0, 0.05) is 11.1 Å². The monoisotopic (exact) mass is 404 g/mol. The molecule has 0 aliphatic heterocycles. The van der Waals surface area contributed by atoms with Crippen LogP contribution in [-0.2, 0) is 0 Å². The number of hydrogen-bond acceptors (Lipinski definition) is 4. The van der Waals surface area contributed by atoms with Crippen molar-refractivity contribution in [2.45, 2.75) is 19.9 Å². The molecule has 0 heterocycles. The molecule has 0 aliphatic carbocycles. The molecule has 3 aromatic carbocycles. The highest BCUT2D eigenvalue weighted by Crippen LogP contribution is 2.23. The van der Waals surface area contributed by atoms with Crippen molar-refractivity contribution in [3.63, 3.8) is 0 Å². The van der Waals surface area contributed by atoms with Crippen LogP contribution in [0.5, 0.6) is 17.2 Å². The van der Waals surface area contributed by atoms with Gasteiger partial charge in [0.25, 0.3) is 5.91 Å². The minimum absolute atomic E-state index is 0.169. The number of nitrogens with one attached hydrogen (secondary N) is 1. The molecule has 0 saturated carbocycles. The first kappa shape index (κ1) is 20.9. The molecule has 6 heteroatoms. The molecule has 0 fully saturated rings. The van der Waals surface area contributed by atoms with Gasteiger partial charge in [-0.3, -0.25) is 9.59 Å². The zero-order valence-electron chi connectivity index (χ0n) is 16.9. The highest BCUT2D eigenvalue weighted by molar-refractivity contribution is 5.94. The van der Waals surface area contributed by atoms with Crippen LogP contribution in [0.2, 0.25) is 0 Å². The molecule has 0 saturated heterocycles. The Morgan fingerprint density at radius 2 is 1.50 bits per heavy atom. The van der Waals surface area contributed by atoms with Gasteiger partial charge in [0.15, 0.2) is 0 Å². The fourth-order valence-corrected chi connectivity index (χ4v) is 2.90. The Morgan fingerprint density at radius 3 is 2.07 bits per heavy atom. The number of primary amides is 1. The minimum Gasteiger partial charge on any atom is -0.494 e. The van der Waals surface area contributed by atoms with Gasteiger partial charge in [-0.25, -0.2) is 0 Å².